The molecule has 0 unspecified atom stereocenters. The lowest BCUT2D eigenvalue weighted by Crippen LogP contribution is -2.48. The van der Waals surface area contributed by atoms with Gasteiger partial charge in [-0.15, -0.1) is 0 Å². The molecule has 0 aliphatic carbocycles. The third kappa shape index (κ3) is 2.78. The highest BCUT2D eigenvalue weighted by Crippen LogP contribution is 2.24. The molecule has 2 rings (SSSR count). The first kappa shape index (κ1) is 10.6. The molecule has 0 aromatic heterocycles. The highest BCUT2D eigenvalue weighted by atomic mass is 16.3. The molecule has 0 atom stereocenters. The third-order valence-corrected chi connectivity index (χ3v) is 3.10. The van der Waals surface area contributed by atoms with Gasteiger partial charge in [-0.25, -0.2) is 5.01 Å². The van der Waals surface area contributed by atoms with Gasteiger partial charge in [0, 0.05) is 19.5 Å². The smallest absolute Gasteiger partial charge is 0.0713 e. The molecule has 0 radical (unpaired) electrons. The van der Waals surface area contributed by atoms with Gasteiger partial charge < -0.3 is 5.11 Å². The zero-order valence-electron chi connectivity index (χ0n) is 8.89. The molecule has 1 fully saturated rings. The maximum Gasteiger partial charge on any atom is 0.0713 e. The number of nitrogens with two attached hydrogens (primary N) is 1. The van der Waals surface area contributed by atoms with E-state index in [1.807, 2.05) is 18.2 Å². The second-order valence-corrected chi connectivity index (χ2v) is 4.42. The van der Waals surface area contributed by atoms with Gasteiger partial charge in [0.1, 0.15) is 0 Å². The molecule has 3 heteroatoms. The Morgan fingerprint density at radius 3 is 2.40 bits per heavy atom. The zero-order valence-corrected chi connectivity index (χ0v) is 8.89. The van der Waals surface area contributed by atoms with Crippen molar-refractivity contribution in [2.45, 2.75) is 24.9 Å². The van der Waals surface area contributed by atoms with Crippen molar-refractivity contribution in [1.29, 1.82) is 0 Å². The monoisotopic (exact) mass is 206 g/mol. The molecule has 0 amide bonds. The van der Waals surface area contributed by atoms with E-state index in [9.17, 15) is 5.11 Å². The second kappa shape index (κ2) is 4.31. The van der Waals surface area contributed by atoms with E-state index in [1.54, 1.807) is 5.01 Å². The maximum absolute atomic E-state index is 10.4. The van der Waals surface area contributed by atoms with Crippen molar-refractivity contribution in [3.8, 4) is 0 Å². The summed E-state index contributed by atoms with van der Waals surface area (Å²) in [6.45, 7) is 1.56. The second-order valence-electron chi connectivity index (χ2n) is 4.42. The lowest BCUT2D eigenvalue weighted by Gasteiger charge is -2.36. The van der Waals surface area contributed by atoms with Crippen molar-refractivity contribution in [2.24, 2.45) is 5.84 Å². The molecule has 1 aromatic carbocycles. The normalized spacial score (nSPS) is 21.5. The third-order valence-electron chi connectivity index (χ3n) is 3.10. The highest BCUT2D eigenvalue weighted by molar-refractivity contribution is 5.17. The summed E-state index contributed by atoms with van der Waals surface area (Å²) in [5.74, 6) is 5.67. The quantitative estimate of drug-likeness (QED) is 0.708. The van der Waals surface area contributed by atoms with Crippen LogP contribution in [0.1, 0.15) is 18.4 Å². The van der Waals surface area contributed by atoms with Crippen molar-refractivity contribution in [3.05, 3.63) is 35.9 Å². The van der Waals surface area contributed by atoms with Crippen LogP contribution >= 0.6 is 0 Å². The molecule has 0 spiro atoms. The molecule has 0 bridgehead atoms. The summed E-state index contributed by atoms with van der Waals surface area (Å²) >= 11 is 0. The van der Waals surface area contributed by atoms with Crippen molar-refractivity contribution >= 4 is 0 Å². The molecule has 82 valence electrons. The fourth-order valence-electron chi connectivity index (χ4n) is 2.09. The predicted molar refractivity (Wildman–Crippen MR) is 60.1 cm³/mol. The number of nitrogens with zero attached hydrogens (tertiary/aromatic N) is 1. The van der Waals surface area contributed by atoms with E-state index < -0.39 is 5.60 Å². The van der Waals surface area contributed by atoms with Crippen LogP contribution in [0.15, 0.2) is 30.3 Å². The standard InChI is InChI=1S/C12H18N2O/c13-14-8-6-12(15,7-9-14)10-11-4-2-1-3-5-11/h1-5,15H,6-10,13H2. The van der Waals surface area contributed by atoms with Crippen molar-refractivity contribution in [1.82, 2.24) is 5.01 Å². The van der Waals surface area contributed by atoms with Gasteiger partial charge in [-0.1, -0.05) is 30.3 Å². The molecular formula is C12H18N2O. The maximum atomic E-state index is 10.4. The topological polar surface area (TPSA) is 49.5 Å². The van der Waals surface area contributed by atoms with Gasteiger partial charge in [0.05, 0.1) is 5.60 Å². The van der Waals surface area contributed by atoms with E-state index >= 15 is 0 Å². The molecule has 1 aliphatic heterocycles. The van der Waals surface area contributed by atoms with Crippen LogP contribution in [0.25, 0.3) is 0 Å². The summed E-state index contributed by atoms with van der Waals surface area (Å²) in [5, 5.41) is 12.1. The lowest BCUT2D eigenvalue weighted by molar-refractivity contribution is -0.0208. The molecule has 1 aromatic rings. The van der Waals surface area contributed by atoms with Crippen LogP contribution in [-0.4, -0.2) is 28.8 Å². The summed E-state index contributed by atoms with van der Waals surface area (Å²) in [5.41, 5.74) is 0.641. The van der Waals surface area contributed by atoms with Crippen LogP contribution in [0.3, 0.4) is 0 Å². The largest absolute Gasteiger partial charge is 0.389 e. The number of benzene rings is 1. The van der Waals surface area contributed by atoms with Gasteiger partial charge in [0.25, 0.3) is 0 Å². The van der Waals surface area contributed by atoms with Gasteiger partial charge in [-0.2, -0.15) is 0 Å². The van der Waals surface area contributed by atoms with Crippen LogP contribution in [0.2, 0.25) is 0 Å². The fraction of sp³-hybridized carbons (Fsp3) is 0.500. The van der Waals surface area contributed by atoms with Gasteiger partial charge in [-0.3, -0.25) is 5.84 Å². The molecule has 1 saturated heterocycles. The molecule has 1 heterocycles. The number of hydrazine groups is 1. The Bertz CT molecular complexity index is 305. The number of piperidine rings is 1. The van der Waals surface area contributed by atoms with E-state index in [1.165, 1.54) is 5.56 Å². The zero-order chi connectivity index (χ0) is 10.7. The molecule has 15 heavy (non-hydrogen) atoms. The number of hydrogen-bond donors (Lipinski definition) is 2. The average Bonchev–Trinajstić information content (AvgIpc) is 2.24. The minimum Gasteiger partial charge on any atom is -0.389 e. The van der Waals surface area contributed by atoms with Crippen LogP contribution in [0.4, 0.5) is 0 Å². The van der Waals surface area contributed by atoms with E-state index in [2.05, 4.69) is 12.1 Å². The summed E-state index contributed by atoms with van der Waals surface area (Å²) < 4.78 is 0. The first-order valence-corrected chi connectivity index (χ1v) is 5.44. The number of hydrogen-bond acceptors (Lipinski definition) is 3. The SMILES string of the molecule is NN1CCC(O)(Cc2ccccc2)CC1. The first-order chi connectivity index (χ1) is 7.18. The van der Waals surface area contributed by atoms with Crippen LogP contribution < -0.4 is 5.84 Å². The average molecular weight is 206 g/mol. The Balaban J connectivity index is 1.99. The van der Waals surface area contributed by atoms with E-state index in [0.717, 1.165) is 32.4 Å². The lowest BCUT2D eigenvalue weighted by atomic mass is 9.86. The van der Waals surface area contributed by atoms with E-state index in [-0.39, 0.29) is 0 Å². The van der Waals surface area contributed by atoms with E-state index in [0.29, 0.717) is 0 Å². The van der Waals surface area contributed by atoms with Crippen LogP contribution in [0, 0.1) is 0 Å². The van der Waals surface area contributed by atoms with Crippen LogP contribution in [-0.2, 0) is 6.42 Å². The van der Waals surface area contributed by atoms with Crippen molar-refractivity contribution in [3.63, 3.8) is 0 Å². The number of rotatable bonds is 2. The fourth-order valence-corrected chi connectivity index (χ4v) is 2.09. The van der Waals surface area contributed by atoms with Gasteiger partial charge >= 0.3 is 0 Å². The Kier molecular flexibility index (Phi) is 3.05. The predicted octanol–water partition coefficient (Wildman–Crippen LogP) is 0.930. The molecule has 3 N–H and O–H groups in total. The Labute approximate surface area is 90.5 Å². The summed E-state index contributed by atoms with van der Waals surface area (Å²) in [6, 6.07) is 10.1. The molecule has 1 aliphatic rings. The Morgan fingerprint density at radius 1 is 1.20 bits per heavy atom. The summed E-state index contributed by atoms with van der Waals surface area (Å²) in [6.07, 6.45) is 2.26. The van der Waals surface area contributed by atoms with Gasteiger partial charge in [-0.05, 0) is 18.4 Å². The van der Waals surface area contributed by atoms with Crippen molar-refractivity contribution < 1.29 is 5.11 Å². The van der Waals surface area contributed by atoms with Gasteiger partial charge in [0.15, 0.2) is 0 Å². The summed E-state index contributed by atoms with van der Waals surface area (Å²) in [7, 11) is 0. The minimum atomic E-state index is -0.558. The van der Waals surface area contributed by atoms with Crippen molar-refractivity contribution in [2.75, 3.05) is 13.1 Å². The molecular weight excluding hydrogens is 188 g/mol. The van der Waals surface area contributed by atoms with E-state index in [4.69, 9.17) is 5.84 Å². The first-order valence-electron chi connectivity index (χ1n) is 5.44. The Morgan fingerprint density at radius 2 is 1.80 bits per heavy atom. The highest BCUT2D eigenvalue weighted by Gasteiger charge is 2.31. The minimum absolute atomic E-state index is 0.558. The Hall–Kier alpha value is -0.900. The summed E-state index contributed by atoms with van der Waals surface area (Å²) in [4.78, 5) is 0. The molecule has 0 saturated carbocycles. The number of aliphatic hydroxyl groups is 1. The van der Waals surface area contributed by atoms with Gasteiger partial charge in [0.2, 0.25) is 0 Å². The van der Waals surface area contributed by atoms with Crippen LogP contribution in [0.5, 0.6) is 0 Å². The molecule has 3 nitrogen and oxygen atoms in total.